The molecular weight excluding hydrogens is 148 g/mol. The number of rotatable bonds is 3. The normalized spacial score (nSPS) is 25.5. The molecule has 1 aliphatic rings. The first kappa shape index (κ1) is 9.84. The van der Waals surface area contributed by atoms with E-state index in [1.54, 1.807) is 0 Å². The molecule has 1 rings (SSSR count). The molecule has 1 heterocycles. The summed E-state index contributed by atoms with van der Waals surface area (Å²) in [6.07, 6.45) is 5.28. The highest BCUT2D eigenvalue weighted by Crippen LogP contribution is 2.17. The third kappa shape index (κ3) is 2.67. The van der Waals surface area contributed by atoms with Crippen LogP contribution >= 0.6 is 0 Å². The molecule has 0 spiro atoms. The highest BCUT2D eigenvalue weighted by Gasteiger charge is 2.19. The number of ketones is 1. The Kier molecular flexibility index (Phi) is 3.86. The third-order valence-electron chi connectivity index (χ3n) is 2.78. The summed E-state index contributed by atoms with van der Waals surface area (Å²) in [6, 6.07) is 0.534. The lowest BCUT2D eigenvalue weighted by Crippen LogP contribution is -2.38. The Bertz CT molecular complexity index is 163. The first-order chi connectivity index (χ1) is 5.74. The molecule has 12 heavy (non-hydrogen) atoms. The molecule has 66 valence electrons. The molecule has 2 nitrogen and oxygen atoms in total. The summed E-state index contributed by atoms with van der Waals surface area (Å²) in [5.41, 5.74) is 0. The van der Waals surface area contributed by atoms with Crippen molar-refractivity contribution in [2.45, 2.75) is 38.0 Å². The Balaban J connectivity index is 2.33. The second-order valence-corrected chi connectivity index (χ2v) is 3.73. The summed E-state index contributed by atoms with van der Waals surface area (Å²) in [7, 11) is 4.08. The van der Waals surface area contributed by atoms with E-state index in [0.717, 1.165) is 6.42 Å². The van der Waals surface area contributed by atoms with Crippen LogP contribution in [0.4, 0.5) is 0 Å². The van der Waals surface area contributed by atoms with Crippen molar-refractivity contribution in [2.24, 2.45) is 0 Å². The minimum Gasteiger partial charge on any atom is -0.346 e. The van der Waals surface area contributed by atoms with Gasteiger partial charge in [-0.2, -0.15) is 0 Å². The lowest BCUT2D eigenvalue weighted by atomic mass is 9.90. The van der Waals surface area contributed by atoms with E-state index in [4.69, 9.17) is 0 Å². The van der Waals surface area contributed by atoms with Gasteiger partial charge >= 0.3 is 0 Å². The average Bonchev–Trinajstić information content (AvgIpc) is 2.09. The average molecular weight is 165 g/mol. The van der Waals surface area contributed by atoms with Crippen molar-refractivity contribution in [1.29, 1.82) is 0 Å². The molecule has 0 aliphatic carbocycles. The standard InChI is InChI=1S/C8H17B2NO/c9-6-8(12)5-7-3-1-2-4-11(7)10/h7H,1-6,9-10H2/t7-/m0/s1. The topological polar surface area (TPSA) is 20.3 Å². The number of hydrogen-bond donors (Lipinski definition) is 0. The summed E-state index contributed by atoms with van der Waals surface area (Å²) >= 11 is 0. The predicted octanol–water partition coefficient (Wildman–Crippen LogP) is -0.600. The second-order valence-electron chi connectivity index (χ2n) is 3.73. The Hall–Kier alpha value is -0.240. The number of Topliss-reactive ketones (excluding diaryl/α,β-unsaturated/α-hetero) is 1. The maximum atomic E-state index is 11.2. The van der Waals surface area contributed by atoms with Crippen LogP contribution < -0.4 is 0 Å². The molecule has 0 amide bonds. The molecule has 0 aromatic rings. The Labute approximate surface area is 76.5 Å². The summed E-state index contributed by atoms with van der Waals surface area (Å²) in [6.45, 7) is 1.17. The van der Waals surface area contributed by atoms with Gasteiger partial charge in [-0.05, 0) is 25.7 Å². The van der Waals surface area contributed by atoms with Crippen LogP contribution in [0.25, 0.3) is 0 Å². The predicted molar refractivity (Wildman–Crippen MR) is 55.9 cm³/mol. The Morgan fingerprint density at radius 1 is 1.50 bits per heavy atom. The van der Waals surface area contributed by atoms with Gasteiger partial charge in [0.2, 0.25) is 0 Å². The van der Waals surface area contributed by atoms with Crippen LogP contribution in [0.3, 0.4) is 0 Å². The van der Waals surface area contributed by atoms with Crippen molar-refractivity contribution in [2.75, 3.05) is 6.54 Å². The summed E-state index contributed by atoms with van der Waals surface area (Å²) < 4.78 is 0. The molecule has 0 N–H and O–H groups in total. The fourth-order valence-electron chi connectivity index (χ4n) is 1.81. The van der Waals surface area contributed by atoms with Gasteiger partial charge in [0.1, 0.15) is 13.6 Å². The van der Waals surface area contributed by atoms with Crippen molar-refractivity contribution >= 4 is 21.6 Å². The molecule has 0 unspecified atom stereocenters. The highest BCUT2D eigenvalue weighted by atomic mass is 16.1. The Morgan fingerprint density at radius 2 is 2.25 bits per heavy atom. The van der Waals surface area contributed by atoms with Gasteiger partial charge in [0.15, 0.2) is 7.98 Å². The van der Waals surface area contributed by atoms with Crippen molar-refractivity contribution in [1.82, 2.24) is 4.81 Å². The maximum Gasteiger partial charge on any atom is 0.185 e. The van der Waals surface area contributed by atoms with E-state index in [0.29, 0.717) is 18.1 Å². The lowest BCUT2D eigenvalue weighted by Gasteiger charge is -2.32. The first-order valence-corrected chi connectivity index (χ1v) is 4.96. The minimum atomic E-state index is 0.411. The zero-order chi connectivity index (χ0) is 8.97. The minimum absolute atomic E-state index is 0.411. The zero-order valence-electron chi connectivity index (χ0n) is 8.18. The molecule has 0 bridgehead atoms. The van der Waals surface area contributed by atoms with Gasteiger partial charge in [-0.1, -0.05) is 6.42 Å². The van der Waals surface area contributed by atoms with Crippen molar-refractivity contribution in [3.05, 3.63) is 0 Å². The number of carbonyl (C=O) groups is 1. The van der Waals surface area contributed by atoms with Crippen LogP contribution in [0, 0.1) is 0 Å². The number of piperidine rings is 1. The van der Waals surface area contributed by atoms with E-state index in [1.807, 2.05) is 7.85 Å². The summed E-state index contributed by atoms with van der Waals surface area (Å²) in [5.74, 6) is 0.411. The number of hydrogen-bond acceptors (Lipinski definition) is 2. The van der Waals surface area contributed by atoms with E-state index in [2.05, 4.69) is 12.8 Å². The molecule has 0 aromatic heterocycles. The zero-order valence-corrected chi connectivity index (χ0v) is 8.18. The summed E-state index contributed by atoms with van der Waals surface area (Å²) in [4.78, 5) is 13.5. The van der Waals surface area contributed by atoms with E-state index >= 15 is 0 Å². The van der Waals surface area contributed by atoms with Crippen LogP contribution in [0.5, 0.6) is 0 Å². The highest BCUT2D eigenvalue weighted by molar-refractivity contribution is 6.20. The van der Waals surface area contributed by atoms with Crippen molar-refractivity contribution in [3.8, 4) is 0 Å². The first-order valence-electron chi connectivity index (χ1n) is 4.96. The van der Waals surface area contributed by atoms with Crippen molar-refractivity contribution < 1.29 is 4.79 Å². The van der Waals surface area contributed by atoms with E-state index in [1.165, 1.54) is 25.8 Å². The molecule has 1 saturated heterocycles. The smallest absolute Gasteiger partial charge is 0.185 e. The van der Waals surface area contributed by atoms with Gasteiger partial charge < -0.3 is 9.61 Å². The molecule has 0 saturated carbocycles. The Morgan fingerprint density at radius 3 is 2.83 bits per heavy atom. The molecule has 4 heteroatoms. The third-order valence-corrected chi connectivity index (χ3v) is 2.78. The number of nitrogens with zero attached hydrogens (tertiary/aromatic N) is 1. The van der Waals surface area contributed by atoms with Gasteiger partial charge in [0, 0.05) is 12.5 Å². The fraction of sp³-hybridized carbons (Fsp3) is 0.875. The largest absolute Gasteiger partial charge is 0.346 e. The second kappa shape index (κ2) is 4.70. The SMILES string of the molecule is BCC(=O)C[C@@H]1CCCCN1B. The van der Waals surface area contributed by atoms with Crippen molar-refractivity contribution in [3.63, 3.8) is 0 Å². The van der Waals surface area contributed by atoms with Gasteiger partial charge in [-0.15, -0.1) is 0 Å². The van der Waals surface area contributed by atoms with E-state index in [9.17, 15) is 4.79 Å². The van der Waals surface area contributed by atoms with E-state index < -0.39 is 0 Å². The molecule has 0 aromatic carbocycles. The van der Waals surface area contributed by atoms with Gasteiger partial charge in [0.25, 0.3) is 0 Å². The fourth-order valence-corrected chi connectivity index (χ4v) is 1.81. The van der Waals surface area contributed by atoms with Gasteiger partial charge in [-0.3, -0.25) is 0 Å². The molecule has 0 radical (unpaired) electrons. The maximum absolute atomic E-state index is 11.2. The van der Waals surface area contributed by atoms with Crippen LogP contribution in [0.15, 0.2) is 0 Å². The monoisotopic (exact) mass is 165 g/mol. The summed E-state index contributed by atoms with van der Waals surface area (Å²) in [5, 5.41) is 0. The molecule has 1 fully saturated rings. The van der Waals surface area contributed by atoms with Crippen LogP contribution in [0.2, 0.25) is 6.32 Å². The van der Waals surface area contributed by atoms with Gasteiger partial charge in [-0.25, -0.2) is 0 Å². The van der Waals surface area contributed by atoms with Crippen LogP contribution in [0.1, 0.15) is 25.7 Å². The van der Waals surface area contributed by atoms with Gasteiger partial charge in [0.05, 0.1) is 0 Å². The molecule has 1 atom stereocenters. The van der Waals surface area contributed by atoms with Crippen LogP contribution in [-0.2, 0) is 4.79 Å². The van der Waals surface area contributed by atoms with E-state index in [-0.39, 0.29) is 0 Å². The lowest BCUT2D eigenvalue weighted by molar-refractivity contribution is -0.118. The van der Waals surface area contributed by atoms with Crippen LogP contribution in [-0.4, -0.2) is 39.0 Å². The molecule has 1 aliphatic heterocycles. The molecular formula is C8H17B2NO. The quantitative estimate of drug-likeness (QED) is 0.520. The number of carbonyl (C=O) groups excluding carboxylic acids is 1.